The molecule has 28 heavy (non-hydrogen) atoms. The summed E-state index contributed by atoms with van der Waals surface area (Å²) in [6.07, 6.45) is 0.496. The van der Waals surface area contributed by atoms with Crippen molar-refractivity contribution >= 4 is 5.91 Å². The summed E-state index contributed by atoms with van der Waals surface area (Å²) in [7, 11) is 1.78. The van der Waals surface area contributed by atoms with Crippen molar-refractivity contribution in [2.75, 3.05) is 20.1 Å². The lowest BCUT2D eigenvalue weighted by Gasteiger charge is -2.35. The molecule has 1 aliphatic rings. The second-order valence-corrected chi connectivity index (χ2v) is 7.62. The van der Waals surface area contributed by atoms with Crippen molar-refractivity contribution < 1.29 is 9.53 Å². The summed E-state index contributed by atoms with van der Waals surface area (Å²) in [5.41, 5.74) is 3.42. The molecule has 2 unspecified atom stereocenters. The highest BCUT2D eigenvalue weighted by Gasteiger charge is 2.22. The topological polar surface area (TPSA) is 56.6 Å². The van der Waals surface area contributed by atoms with Gasteiger partial charge in [-0.2, -0.15) is 5.26 Å². The summed E-state index contributed by atoms with van der Waals surface area (Å²) in [6, 6.07) is 17.3. The lowest BCUT2D eigenvalue weighted by atomic mass is 10.1. The van der Waals surface area contributed by atoms with Crippen LogP contribution in [0.4, 0.5) is 0 Å². The molecule has 1 saturated heterocycles. The van der Waals surface area contributed by atoms with Crippen LogP contribution < -0.4 is 0 Å². The van der Waals surface area contributed by atoms with E-state index in [-0.39, 0.29) is 18.1 Å². The van der Waals surface area contributed by atoms with Crippen molar-refractivity contribution in [2.45, 2.75) is 39.1 Å². The van der Waals surface area contributed by atoms with Gasteiger partial charge in [0.2, 0.25) is 0 Å². The molecule has 1 amide bonds. The molecule has 1 aliphatic heterocycles. The smallest absolute Gasteiger partial charge is 0.253 e. The molecule has 0 aliphatic carbocycles. The maximum absolute atomic E-state index is 12.7. The number of hydrogen-bond acceptors (Lipinski definition) is 4. The van der Waals surface area contributed by atoms with E-state index < -0.39 is 0 Å². The van der Waals surface area contributed by atoms with Gasteiger partial charge in [0.1, 0.15) is 0 Å². The van der Waals surface area contributed by atoms with Gasteiger partial charge < -0.3 is 9.64 Å². The summed E-state index contributed by atoms with van der Waals surface area (Å²) < 4.78 is 5.78. The van der Waals surface area contributed by atoms with Gasteiger partial charge in [-0.15, -0.1) is 0 Å². The van der Waals surface area contributed by atoms with Crippen LogP contribution in [0, 0.1) is 11.3 Å². The molecule has 5 heteroatoms. The first kappa shape index (κ1) is 20.1. The van der Waals surface area contributed by atoms with Crippen LogP contribution in [-0.4, -0.2) is 48.1 Å². The normalized spacial score (nSPS) is 19.8. The number of carbonyl (C=O) groups excluding carboxylic acids is 1. The number of ether oxygens (including phenoxy) is 1. The number of hydrogen-bond donors (Lipinski definition) is 0. The molecule has 146 valence electrons. The Morgan fingerprint density at radius 2 is 1.82 bits per heavy atom. The molecule has 2 aromatic carbocycles. The standard InChI is InChI=1S/C23H27N3O2/c1-17-13-26(14-18(2)28-17)16-19-7-9-22(10-8-19)23(27)25(3)15-21-6-4-5-20(11-21)12-24/h4-11,17-18H,13-16H2,1-3H3. The van der Waals surface area contributed by atoms with Crippen molar-refractivity contribution in [2.24, 2.45) is 0 Å². The van der Waals surface area contributed by atoms with Gasteiger partial charge in [0.05, 0.1) is 23.8 Å². The van der Waals surface area contributed by atoms with Crippen molar-refractivity contribution in [1.82, 2.24) is 9.80 Å². The second-order valence-electron chi connectivity index (χ2n) is 7.62. The van der Waals surface area contributed by atoms with E-state index in [0.717, 1.165) is 25.2 Å². The van der Waals surface area contributed by atoms with E-state index in [9.17, 15) is 4.79 Å². The molecule has 0 aromatic heterocycles. The van der Waals surface area contributed by atoms with Crippen LogP contribution in [0.25, 0.3) is 0 Å². The van der Waals surface area contributed by atoms with Crippen LogP contribution in [0.3, 0.4) is 0 Å². The van der Waals surface area contributed by atoms with E-state index >= 15 is 0 Å². The van der Waals surface area contributed by atoms with Crippen molar-refractivity contribution in [3.63, 3.8) is 0 Å². The quantitative estimate of drug-likeness (QED) is 0.801. The average molecular weight is 377 g/mol. The maximum Gasteiger partial charge on any atom is 0.253 e. The molecule has 0 N–H and O–H groups in total. The summed E-state index contributed by atoms with van der Waals surface area (Å²) in [5, 5.41) is 9.01. The van der Waals surface area contributed by atoms with E-state index in [2.05, 4.69) is 24.8 Å². The SMILES string of the molecule is CC1CN(Cc2ccc(C(=O)N(C)Cc3cccc(C#N)c3)cc2)CC(C)O1. The molecule has 2 atom stereocenters. The maximum atomic E-state index is 12.7. The average Bonchev–Trinajstić information content (AvgIpc) is 2.67. The highest BCUT2D eigenvalue weighted by Crippen LogP contribution is 2.16. The van der Waals surface area contributed by atoms with Crippen molar-refractivity contribution in [1.29, 1.82) is 5.26 Å². The largest absolute Gasteiger partial charge is 0.373 e. The molecule has 1 fully saturated rings. The summed E-state index contributed by atoms with van der Waals surface area (Å²) in [5.74, 6) is -0.0254. The Morgan fingerprint density at radius 3 is 2.46 bits per heavy atom. The Morgan fingerprint density at radius 1 is 1.14 bits per heavy atom. The second kappa shape index (κ2) is 9.01. The minimum Gasteiger partial charge on any atom is -0.373 e. The number of benzene rings is 2. The van der Waals surface area contributed by atoms with Crippen LogP contribution in [-0.2, 0) is 17.8 Å². The van der Waals surface area contributed by atoms with E-state index in [4.69, 9.17) is 10.00 Å². The third-order valence-electron chi connectivity index (χ3n) is 4.92. The Bertz CT molecular complexity index is 847. The van der Waals surface area contributed by atoms with Gasteiger partial charge in [0, 0.05) is 38.8 Å². The molecular formula is C23H27N3O2. The van der Waals surface area contributed by atoms with Gasteiger partial charge >= 0.3 is 0 Å². The number of nitriles is 1. The summed E-state index contributed by atoms with van der Waals surface area (Å²) in [6.45, 7) is 7.40. The zero-order chi connectivity index (χ0) is 20.1. The number of nitrogens with zero attached hydrogens (tertiary/aromatic N) is 3. The van der Waals surface area contributed by atoms with Gasteiger partial charge in [0.15, 0.2) is 0 Å². The van der Waals surface area contributed by atoms with Crippen molar-refractivity contribution in [3.8, 4) is 6.07 Å². The van der Waals surface area contributed by atoms with Crippen LogP contribution in [0.1, 0.15) is 40.9 Å². The fourth-order valence-electron chi connectivity index (χ4n) is 3.73. The van der Waals surface area contributed by atoms with Gasteiger partial charge in [-0.05, 0) is 49.2 Å². The monoisotopic (exact) mass is 377 g/mol. The molecule has 3 rings (SSSR count). The van der Waals surface area contributed by atoms with Gasteiger partial charge in [-0.25, -0.2) is 0 Å². The molecular weight excluding hydrogens is 350 g/mol. The predicted octanol–water partition coefficient (Wildman–Crippen LogP) is 3.44. The fourth-order valence-corrected chi connectivity index (χ4v) is 3.73. The van der Waals surface area contributed by atoms with Gasteiger partial charge in [0.25, 0.3) is 5.91 Å². The zero-order valence-electron chi connectivity index (χ0n) is 16.8. The molecule has 5 nitrogen and oxygen atoms in total. The molecule has 0 saturated carbocycles. The number of rotatable bonds is 5. The van der Waals surface area contributed by atoms with E-state index in [1.807, 2.05) is 42.5 Å². The predicted molar refractivity (Wildman–Crippen MR) is 109 cm³/mol. The third-order valence-corrected chi connectivity index (χ3v) is 4.92. The molecule has 0 radical (unpaired) electrons. The minimum atomic E-state index is -0.0254. The Kier molecular flexibility index (Phi) is 6.45. The van der Waals surface area contributed by atoms with Gasteiger partial charge in [-0.1, -0.05) is 24.3 Å². The first-order chi connectivity index (χ1) is 13.4. The number of carbonyl (C=O) groups is 1. The Hall–Kier alpha value is -2.68. The number of amides is 1. The minimum absolute atomic E-state index is 0.0254. The molecule has 0 spiro atoms. The first-order valence-electron chi connectivity index (χ1n) is 9.66. The van der Waals surface area contributed by atoms with E-state index in [1.54, 1.807) is 18.0 Å². The van der Waals surface area contributed by atoms with Crippen LogP contribution >= 0.6 is 0 Å². The summed E-state index contributed by atoms with van der Waals surface area (Å²) in [4.78, 5) is 16.8. The first-order valence-corrected chi connectivity index (χ1v) is 9.66. The van der Waals surface area contributed by atoms with Crippen LogP contribution in [0.15, 0.2) is 48.5 Å². The van der Waals surface area contributed by atoms with Crippen LogP contribution in [0.5, 0.6) is 0 Å². The lowest BCUT2D eigenvalue weighted by Crippen LogP contribution is -2.44. The Balaban J connectivity index is 1.60. The molecule has 1 heterocycles. The Labute approximate surface area is 167 Å². The van der Waals surface area contributed by atoms with E-state index in [1.165, 1.54) is 5.56 Å². The highest BCUT2D eigenvalue weighted by atomic mass is 16.5. The van der Waals surface area contributed by atoms with E-state index in [0.29, 0.717) is 17.7 Å². The highest BCUT2D eigenvalue weighted by molar-refractivity contribution is 5.94. The van der Waals surface area contributed by atoms with Gasteiger partial charge in [-0.3, -0.25) is 9.69 Å². The third kappa shape index (κ3) is 5.19. The fraction of sp³-hybridized carbons (Fsp3) is 0.391. The molecule has 0 bridgehead atoms. The number of morpholine rings is 1. The lowest BCUT2D eigenvalue weighted by molar-refractivity contribution is -0.0704. The molecule has 2 aromatic rings. The summed E-state index contributed by atoms with van der Waals surface area (Å²) >= 11 is 0. The van der Waals surface area contributed by atoms with Crippen LogP contribution in [0.2, 0.25) is 0 Å². The van der Waals surface area contributed by atoms with Crippen molar-refractivity contribution in [3.05, 3.63) is 70.8 Å². The zero-order valence-corrected chi connectivity index (χ0v) is 16.8.